The zero-order chi connectivity index (χ0) is 14.2. The highest BCUT2D eigenvalue weighted by Crippen LogP contribution is 2.30. The molecule has 0 heterocycles. The zero-order valence-corrected chi connectivity index (χ0v) is 13.3. The van der Waals surface area contributed by atoms with E-state index in [2.05, 4.69) is 43.4 Å². The minimum atomic E-state index is 0.589. The Balaban J connectivity index is 1.76. The van der Waals surface area contributed by atoms with Gasteiger partial charge < -0.3 is 5.32 Å². The molecule has 1 aromatic rings. The molecule has 0 saturated heterocycles. The molecule has 0 spiro atoms. The van der Waals surface area contributed by atoms with Crippen molar-refractivity contribution in [1.29, 1.82) is 0 Å². The first-order chi connectivity index (χ1) is 9.81. The number of hydrogen-bond donors (Lipinski definition) is 1. The molecular weight excluding hydrogens is 242 g/mol. The molecular formula is C19H31N. The summed E-state index contributed by atoms with van der Waals surface area (Å²) in [5.41, 5.74) is 3.11. The van der Waals surface area contributed by atoms with Gasteiger partial charge in [-0.1, -0.05) is 63.3 Å². The molecule has 112 valence electrons. The van der Waals surface area contributed by atoms with Crippen LogP contribution < -0.4 is 5.32 Å². The van der Waals surface area contributed by atoms with Crippen LogP contribution in [0.25, 0.3) is 0 Å². The highest BCUT2D eigenvalue weighted by atomic mass is 14.9. The summed E-state index contributed by atoms with van der Waals surface area (Å²) in [5.74, 6) is 0. The molecule has 0 aliphatic heterocycles. The Kier molecular flexibility index (Phi) is 6.59. The van der Waals surface area contributed by atoms with Gasteiger partial charge in [0, 0.05) is 12.1 Å². The first-order valence-corrected chi connectivity index (χ1v) is 8.65. The van der Waals surface area contributed by atoms with Crippen molar-refractivity contribution in [3.05, 3.63) is 35.4 Å². The Morgan fingerprint density at radius 2 is 1.95 bits per heavy atom. The lowest BCUT2D eigenvalue weighted by molar-refractivity contribution is 0.386. The van der Waals surface area contributed by atoms with Crippen molar-refractivity contribution in [2.45, 2.75) is 83.7 Å². The summed E-state index contributed by atoms with van der Waals surface area (Å²) in [4.78, 5) is 0. The Morgan fingerprint density at radius 1 is 1.15 bits per heavy atom. The van der Waals surface area contributed by atoms with Gasteiger partial charge >= 0.3 is 0 Å². The number of aryl methyl sites for hydroxylation is 1. The van der Waals surface area contributed by atoms with Crippen molar-refractivity contribution in [2.24, 2.45) is 0 Å². The van der Waals surface area contributed by atoms with Crippen LogP contribution in [0.2, 0.25) is 0 Å². The third kappa shape index (κ3) is 4.63. The molecule has 1 heteroatoms. The molecule has 20 heavy (non-hydrogen) atoms. The zero-order valence-electron chi connectivity index (χ0n) is 13.3. The van der Waals surface area contributed by atoms with E-state index < -0.39 is 0 Å². The van der Waals surface area contributed by atoms with E-state index >= 15 is 0 Å². The molecule has 0 aromatic heterocycles. The molecule has 0 fully saturated rings. The van der Waals surface area contributed by atoms with Crippen LogP contribution in [-0.4, -0.2) is 6.04 Å². The average Bonchev–Trinajstić information content (AvgIpc) is 2.47. The topological polar surface area (TPSA) is 12.0 Å². The summed E-state index contributed by atoms with van der Waals surface area (Å²) in [6, 6.07) is 10.2. The number of rotatable bonds is 8. The number of nitrogens with one attached hydrogen (secondary N) is 1. The molecule has 2 rings (SSSR count). The summed E-state index contributed by atoms with van der Waals surface area (Å²) in [5, 5.41) is 3.87. The van der Waals surface area contributed by atoms with Crippen molar-refractivity contribution in [3.8, 4) is 0 Å². The van der Waals surface area contributed by atoms with Gasteiger partial charge in [0.15, 0.2) is 0 Å². The van der Waals surface area contributed by atoms with Crippen molar-refractivity contribution >= 4 is 0 Å². The van der Waals surface area contributed by atoms with E-state index in [9.17, 15) is 0 Å². The maximum atomic E-state index is 3.87. The molecule has 0 amide bonds. The Bertz CT molecular complexity index is 385. The summed E-state index contributed by atoms with van der Waals surface area (Å²) < 4.78 is 0. The van der Waals surface area contributed by atoms with Crippen LogP contribution >= 0.6 is 0 Å². The largest absolute Gasteiger partial charge is 0.307 e. The fraction of sp³-hybridized carbons (Fsp3) is 0.684. The van der Waals surface area contributed by atoms with E-state index in [4.69, 9.17) is 0 Å². The molecule has 2 atom stereocenters. The second-order valence-electron chi connectivity index (χ2n) is 6.41. The third-order valence-electron chi connectivity index (χ3n) is 4.60. The second kappa shape index (κ2) is 8.46. The van der Waals surface area contributed by atoms with Crippen molar-refractivity contribution in [3.63, 3.8) is 0 Å². The average molecular weight is 273 g/mol. The van der Waals surface area contributed by atoms with Gasteiger partial charge in [-0.15, -0.1) is 0 Å². The van der Waals surface area contributed by atoms with Crippen LogP contribution in [0.5, 0.6) is 0 Å². The van der Waals surface area contributed by atoms with Gasteiger partial charge in [-0.3, -0.25) is 0 Å². The summed E-state index contributed by atoms with van der Waals surface area (Å²) in [6.45, 7) is 4.64. The minimum Gasteiger partial charge on any atom is -0.307 e. The second-order valence-corrected chi connectivity index (χ2v) is 6.41. The van der Waals surface area contributed by atoms with Crippen LogP contribution in [0.3, 0.4) is 0 Å². The Hall–Kier alpha value is -0.820. The Labute approximate surface area is 125 Å². The predicted octanol–water partition coefficient (Wildman–Crippen LogP) is 5.40. The Morgan fingerprint density at radius 3 is 2.80 bits per heavy atom. The molecule has 1 aliphatic rings. The summed E-state index contributed by atoms with van der Waals surface area (Å²) in [7, 11) is 0. The van der Waals surface area contributed by atoms with Gasteiger partial charge in [0.2, 0.25) is 0 Å². The van der Waals surface area contributed by atoms with E-state index in [0.717, 1.165) is 0 Å². The maximum Gasteiger partial charge on any atom is 0.0325 e. The highest BCUT2D eigenvalue weighted by molar-refractivity contribution is 5.32. The number of benzene rings is 1. The lowest BCUT2D eigenvalue weighted by atomic mass is 9.87. The van der Waals surface area contributed by atoms with Crippen molar-refractivity contribution in [2.75, 3.05) is 0 Å². The lowest BCUT2D eigenvalue weighted by Gasteiger charge is -2.29. The molecule has 1 aromatic carbocycles. The first-order valence-electron chi connectivity index (χ1n) is 8.65. The van der Waals surface area contributed by atoms with Crippen LogP contribution in [0, 0.1) is 0 Å². The number of fused-ring (bicyclic) bond motifs is 1. The molecule has 0 radical (unpaired) electrons. The van der Waals surface area contributed by atoms with E-state index in [1.807, 2.05) is 0 Å². The molecule has 0 bridgehead atoms. The van der Waals surface area contributed by atoms with Crippen LogP contribution in [0.15, 0.2) is 24.3 Å². The van der Waals surface area contributed by atoms with Gasteiger partial charge in [0.05, 0.1) is 0 Å². The van der Waals surface area contributed by atoms with Gasteiger partial charge in [-0.25, -0.2) is 0 Å². The smallest absolute Gasteiger partial charge is 0.0325 e. The van der Waals surface area contributed by atoms with E-state index in [-0.39, 0.29) is 0 Å². The summed E-state index contributed by atoms with van der Waals surface area (Å²) >= 11 is 0. The molecule has 2 unspecified atom stereocenters. The van der Waals surface area contributed by atoms with Gasteiger partial charge in [-0.2, -0.15) is 0 Å². The van der Waals surface area contributed by atoms with Gasteiger partial charge in [-0.05, 0) is 43.7 Å². The normalized spacial score (nSPS) is 19.6. The monoisotopic (exact) mass is 273 g/mol. The van der Waals surface area contributed by atoms with Crippen LogP contribution in [-0.2, 0) is 6.42 Å². The van der Waals surface area contributed by atoms with Gasteiger partial charge in [0.25, 0.3) is 0 Å². The first kappa shape index (κ1) is 15.6. The number of unbranched alkanes of at least 4 members (excludes halogenated alkanes) is 4. The third-order valence-corrected chi connectivity index (χ3v) is 4.60. The molecule has 1 aliphatic carbocycles. The SMILES string of the molecule is CCCCCCCC(C)NC1CCCc2ccccc21. The van der Waals surface area contributed by atoms with Crippen molar-refractivity contribution in [1.82, 2.24) is 5.32 Å². The molecule has 1 N–H and O–H groups in total. The summed E-state index contributed by atoms with van der Waals surface area (Å²) in [6.07, 6.45) is 12.2. The fourth-order valence-electron chi connectivity index (χ4n) is 3.41. The molecule has 0 saturated carbocycles. The maximum absolute atomic E-state index is 3.87. The number of hydrogen-bond acceptors (Lipinski definition) is 1. The van der Waals surface area contributed by atoms with Crippen LogP contribution in [0.4, 0.5) is 0 Å². The molecule has 1 nitrogen and oxygen atoms in total. The highest BCUT2D eigenvalue weighted by Gasteiger charge is 2.20. The minimum absolute atomic E-state index is 0.589. The van der Waals surface area contributed by atoms with Crippen LogP contribution in [0.1, 0.15) is 82.4 Å². The van der Waals surface area contributed by atoms with Crippen molar-refractivity contribution < 1.29 is 0 Å². The predicted molar refractivity (Wildman–Crippen MR) is 88.1 cm³/mol. The van der Waals surface area contributed by atoms with E-state index in [1.165, 1.54) is 57.8 Å². The lowest BCUT2D eigenvalue weighted by Crippen LogP contribution is -2.32. The van der Waals surface area contributed by atoms with Gasteiger partial charge in [0.1, 0.15) is 0 Å². The fourth-order valence-corrected chi connectivity index (χ4v) is 3.41. The van der Waals surface area contributed by atoms with E-state index in [1.54, 1.807) is 11.1 Å². The quantitative estimate of drug-likeness (QED) is 0.625. The standard InChI is InChI=1S/C19H31N/c1-3-4-5-6-7-11-16(2)20-19-15-10-13-17-12-8-9-14-18(17)19/h8-9,12,14,16,19-20H,3-7,10-11,13,15H2,1-2H3. The van der Waals surface area contributed by atoms with E-state index in [0.29, 0.717) is 12.1 Å².